The molecule has 1 rings (SSSR count). The summed E-state index contributed by atoms with van der Waals surface area (Å²) >= 11 is 0. The Bertz CT molecular complexity index is 543. The molecule has 0 fully saturated rings. The van der Waals surface area contributed by atoms with E-state index in [0.29, 0.717) is 4.34 Å². The molecular formula is C5H11N2O8P3. The van der Waals surface area contributed by atoms with Crippen molar-refractivity contribution in [2.75, 3.05) is 6.16 Å². The standard InChI is InChI=1S/C5H11N2O8P3/c8-5(17(10,11)12)3-16(9,18(13,14)15)7-2-1-6-4-7/h1-2,4-5,8H,3H2,(H2,10,11,12)(H2,13,14,15). The van der Waals surface area contributed by atoms with Crippen molar-refractivity contribution >= 4 is 21.9 Å². The molecule has 13 heteroatoms. The minimum Gasteiger partial charge on any atom is -0.380 e. The fraction of sp³-hybridized carbons (Fsp3) is 0.400. The summed E-state index contributed by atoms with van der Waals surface area (Å²) in [6.07, 6.45) is 1.66. The fourth-order valence-electron chi connectivity index (χ4n) is 1.09. The Morgan fingerprint density at radius 3 is 2.06 bits per heavy atom. The summed E-state index contributed by atoms with van der Waals surface area (Å²) in [4.78, 5) is 38.9. The molecule has 0 bridgehead atoms. The van der Waals surface area contributed by atoms with E-state index in [2.05, 4.69) is 4.98 Å². The molecule has 2 atom stereocenters. The molecule has 1 heterocycles. The third-order valence-corrected chi connectivity index (χ3v) is 9.44. The van der Waals surface area contributed by atoms with Gasteiger partial charge in [-0.05, 0) is 0 Å². The first-order valence-corrected chi connectivity index (χ1v) is 10.2. The van der Waals surface area contributed by atoms with Gasteiger partial charge in [0, 0.05) is 12.4 Å². The van der Waals surface area contributed by atoms with Gasteiger partial charge in [0.25, 0.3) is 6.98 Å². The minimum atomic E-state index is -5.22. The Hall–Kier alpha value is -0.300. The normalized spacial score (nSPS) is 18.3. The molecule has 0 radical (unpaired) electrons. The molecule has 0 saturated heterocycles. The van der Waals surface area contributed by atoms with Crippen LogP contribution in [0.2, 0.25) is 0 Å². The van der Waals surface area contributed by atoms with E-state index >= 15 is 0 Å². The van der Waals surface area contributed by atoms with Crippen molar-refractivity contribution in [1.29, 1.82) is 0 Å². The highest BCUT2D eigenvalue weighted by Gasteiger charge is 2.48. The van der Waals surface area contributed by atoms with Gasteiger partial charge in [0.15, 0.2) is 5.85 Å². The zero-order chi connectivity index (χ0) is 14.2. The minimum absolute atomic E-state index is 0.576. The second kappa shape index (κ2) is 5.00. The van der Waals surface area contributed by atoms with Gasteiger partial charge in [0.05, 0.1) is 6.16 Å². The fourth-order valence-corrected chi connectivity index (χ4v) is 6.80. The maximum atomic E-state index is 12.2. The molecule has 0 saturated carbocycles. The maximum Gasteiger partial charge on any atom is 0.401 e. The molecule has 0 aromatic carbocycles. The molecule has 0 amide bonds. The first-order valence-electron chi connectivity index (χ1n) is 4.35. The van der Waals surface area contributed by atoms with E-state index in [1.807, 2.05) is 0 Å². The average molecular weight is 320 g/mol. The maximum absolute atomic E-state index is 12.2. The highest BCUT2D eigenvalue weighted by molar-refractivity contribution is 8.30. The number of aromatic nitrogens is 2. The Morgan fingerprint density at radius 1 is 1.17 bits per heavy atom. The van der Waals surface area contributed by atoms with E-state index in [9.17, 15) is 18.8 Å². The highest BCUT2D eigenvalue weighted by Crippen LogP contribution is 2.78. The van der Waals surface area contributed by atoms with Gasteiger partial charge in [-0.2, -0.15) is 0 Å². The lowest BCUT2D eigenvalue weighted by molar-refractivity contribution is 0.219. The number of rotatable bonds is 5. The number of hydrogen-bond donors (Lipinski definition) is 5. The Kier molecular flexibility index (Phi) is 4.37. The lowest BCUT2D eigenvalue weighted by Crippen LogP contribution is -2.15. The number of aliphatic hydroxyl groups is 1. The summed E-state index contributed by atoms with van der Waals surface area (Å²) in [5, 5.41) is 9.17. The Balaban J connectivity index is 3.22. The third-order valence-electron chi connectivity index (χ3n) is 2.05. The van der Waals surface area contributed by atoms with Crippen molar-refractivity contribution in [3.05, 3.63) is 18.7 Å². The molecule has 1 aromatic rings. The number of hydrogen-bond acceptors (Lipinski definition) is 5. The van der Waals surface area contributed by atoms with E-state index in [0.717, 1.165) is 18.7 Å². The van der Waals surface area contributed by atoms with Crippen LogP contribution < -0.4 is 0 Å². The first-order chi connectivity index (χ1) is 7.98. The summed E-state index contributed by atoms with van der Waals surface area (Å²) in [7, 11) is -10.2. The van der Waals surface area contributed by atoms with Crippen LogP contribution in [-0.4, -0.2) is 46.0 Å². The first kappa shape index (κ1) is 15.8. The highest BCUT2D eigenvalue weighted by atomic mass is 32.1. The number of aliphatic hydroxyl groups excluding tert-OH is 1. The summed E-state index contributed by atoms with van der Waals surface area (Å²) in [5.74, 6) is -2.43. The summed E-state index contributed by atoms with van der Waals surface area (Å²) < 4.78 is 34.8. The van der Waals surface area contributed by atoms with Gasteiger partial charge in [-0.3, -0.25) is 18.0 Å². The van der Waals surface area contributed by atoms with Crippen LogP contribution >= 0.6 is 21.9 Å². The smallest absolute Gasteiger partial charge is 0.380 e. The van der Waals surface area contributed by atoms with Crippen molar-refractivity contribution in [1.82, 2.24) is 9.32 Å². The van der Waals surface area contributed by atoms with Crippen LogP contribution in [0.25, 0.3) is 0 Å². The van der Waals surface area contributed by atoms with Gasteiger partial charge >= 0.3 is 14.9 Å². The lowest BCUT2D eigenvalue weighted by Gasteiger charge is -2.23. The zero-order valence-corrected chi connectivity index (χ0v) is 11.4. The SMILES string of the molecule is O=P(O)(O)C(O)CP(=O)(n1ccnc1)P(=O)(O)O. The largest absolute Gasteiger partial charge is 0.401 e. The molecule has 0 aliphatic rings. The molecule has 0 aliphatic carbocycles. The van der Waals surface area contributed by atoms with Gasteiger partial charge in [-0.1, -0.05) is 0 Å². The van der Waals surface area contributed by atoms with Crippen LogP contribution in [0.3, 0.4) is 0 Å². The number of nitrogens with zero attached hydrogens (tertiary/aromatic N) is 2. The predicted octanol–water partition coefficient (Wildman–Crippen LogP) is -0.402. The zero-order valence-electron chi connectivity index (χ0n) is 8.71. The summed E-state index contributed by atoms with van der Waals surface area (Å²) in [6, 6.07) is 0. The van der Waals surface area contributed by atoms with Crippen molar-refractivity contribution in [3.8, 4) is 0 Å². The van der Waals surface area contributed by atoms with Gasteiger partial charge in [0.1, 0.15) is 6.33 Å². The van der Waals surface area contributed by atoms with Crippen LogP contribution in [0, 0.1) is 0 Å². The Morgan fingerprint density at radius 2 is 1.72 bits per heavy atom. The van der Waals surface area contributed by atoms with Gasteiger partial charge < -0.3 is 24.7 Å². The van der Waals surface area contributed by atoms with Crippen LogP contribution in [0.4, 0.5) is 0 Å². The van der Waals surface area contributed by atoms with Crippen LogP contribution in [0.1, 0.15) is 0 Å². The van der Waals surface area contributed by atoms with Gasteiger partial charge in [-0.15, -0.1) is 0 Å². The molecule has 0 aliphatic heterocycles. The molecule has 2 unspecified atom stereocenters. The molecule has 0 spiro atoms. The lowest BCUT2D eigenvalue weighted by atomic mass is 10.9. The average Bonchev–Trinajstić information content (AvgIpc) is 2.66. The third kappa shape index (κ3) is 3.17. The van der Waals surface area contributed by atoms with Crippen molar-refractivity contribution in [2.24, 2.45) is 0 Å². The van der Waals surface area contributed by atoms with E-state index < -0.39 is 33.9 Å². The van der Waals surface area contributed by atoms with E-state index in [1.165, 1.54) is 0 Å². The van der Waals surface area contributed by atoms with Crippen molar-refractivity contribution < 1.29 is 38.4 Å². The van der Waals surface area contributed by atoms with Gasteiger partial charge in [-0.25, -0.2) is 4.98 Å². The Labute approximate surface area is 101 Å². The van der Waals surface area contributed by atoms with E-state index in [4.69, 9.17) is 19.6 Å². The van der Waals surface area contributed by atoms with Crippen LogP contribution in [0.15, 0.2) is 18.7 Å². The molecule has 18 heavy (non-hydrogen) atoms. The monoisotopic (exact) mass is 320 g/mol. The molecule has 1 aromatic heterocycles. The summed E-state index contributed by atoms with van der Waals surface area (Å²) in [6.45, 7) is -4.58. The summed E-state index contributed by atoms with van der Waals surface area (Å²) in [5.41, 5.74) is 0. The molecule has 5 N–H and O–H groups in total. The van der Waals surface area contributed by atoms with Crippen molar-refractivity contribution in [3.63, 3.8) is 0 Å². The second-order valence-electron chi connectivity index (χ2n) is 3.37. The van der Waals surface area contributed by atoms with Crippen LogP contribution in [0.5, 0.6) is 0 Å². The van der Waals surface area contributed by atoms with E-state index in [1.54, 1.807) is 0 Å². The van der Waals surface area contributed by atoms with Crippen molar-refractivity contribution in [2.45, 2.75) is 5.85 Å². The molecule has 10 nitrogen and oxygen atoms in total. The molecular weight excluding hydrogens is 309 g/mol. The topological polar surface area (TPSA) is 170 Å². The van der Waals surface area contributed by atoms with Crippen LogP contribution in [-0.2, 0) is 13.7 Å². The molecule has 104 valence electrons. The number of imidazole rings is 1. The van der Waals surface area contributed by atoms with Gasteiger partial charge in [0.2, 0.25) is 0 Å². The predicted molar refractivity (Wildman–Crippen MR) is 60.2 cm³/mol. The second-order valence-corrected chi connectivity index (χ2v) is 11.8. The quantitative estimate of drug-likeness (QED) is 0.453. The van der Waals surface area contributed by atoms with E-state index in [-0.39, 0.29) is 0 Å².